The summed E-state index contributed by atoms with van der Waals surface area (Å²) in [6.07, 6.45) is 6.50. The molecule has 0 radical (unpaired) electrons. The van der Waals surface area contributed by atoms with E-state index in [1.54, 1.807) is 0 Å². The number of hydrogen-bond acceptors (Lipinski definition) is 4. The Morgan fingerprint density at radius 3 is 1.97 bits per heavy atom. The van der Waals surface area contributed by atoms with Gasteiger partial charge in [0, 0.05) is 54.3 Å². The molecule has 0 atom stereocenters. The number of benzene rings is 3. The Balaban J connectivity index is 0.00000353. The second-order valence-corrected chi connectivity index (χ2v) is 10.4. The smallest absolute Gasteiger partial charge is 0.261 e. The summed E-state index contributed by atoms with van der Waals surface area (Å²) in [5, 5.41) is 1.73. The van der Waals surface area contributed by atoms with Crippen LogP contribution in [0.15, 0.2) is 66.7 Å². The van der Waals surface area contributed by atoms with E-state index in [1.807, 2.05) is 78.6 Å². The molecule has 0 unspecified atom stereocenters. The lowest BCUT2D eigenvalue weighted by Crippen LogP contribution is -2.47. The van der Waals surface area contributed by atoms with E-state index in [9.17, 15) is 14.4 Å². The fourth-order valence-corrected chi connectivity index (χ4v) is 5.96. The number of amides is 3. The number of anilines is 1. The molecule has 206 valence electrons. The van der Waals surface area contributed by atoms with E-state index < -0.39 is 0 Å². The molecule has 0 saturated carbocycles. The lowest BCUT2D eigenvalue weighted by molar-refractivity contribution is -0.119. The lowest BCUT2D eigenvalue weighted by atomic mass is 9.94. The number of nitrogens with zero attached hydrogens (tertiary/aromatic N) is 3. The molecule has 0 N–H and O–H groups in total. The molecule has 5 rings (SSSR count). The first-order valence-corrected chi connectivity index (χ1v) is 14.1. The van der Waals surface area contributed by atoms with Gasteiger partial charge in [0.1, 0.15) is 0 Å². The molecule has 0 spiro atoms. The number of piperidine rings is 1. The highest BCUT2D eigenvalue weighted by Crippen LogP contribution is 2.30. The van der Waals surface area contributed by atoms with Crippen molar-refractivity contribution < 1.29 is 14.4 Å². The van der Waals surface area contributed by atoms with Crippen molar-refractivity contribution in [3.63, 3.8) is 0 Å². The van der Waals surface area contributed by atoms with E-state index in [1.165, 1.54) is 4.90 Å². The molecule has 3 amide bonds. The average Bonchev–Trinajstić information content (AvgIpc) is 2.96. The Morgan fingerprint density at radius 1 is 0.795 bits per heavy atom. The first-order valence-electron chi connectivity index (χ1n) is 14.1. The van der Waals surface area contributed by atoms with Crippen molar-refractivity contribution in [2.24, 2.45) is 0 Å². The SMILES string of the molecule is CCC(=O)N(c1ccccc1)C1CCN(CCCCCCN2C(=O)c3cccc4cccc(c34)C2=O)CC1.Cl. The first kappa shape index (κ1) is 28.8. The number of imide groups is 1. The third-order valence-electron chi connectivity index (χ3n) is 7.99. The molecular formula is C32H38ClN3O3. The molecule has 0 aromatic heterocycles. The van der Waals surface area contributed by atoms with Gasteiger partial charge in [-0.05, 0) is 61.9 Å². The van der Waals surface area contributed by atoms with Crippen molar-refractivity contribution in [2.45, 2.75) is 57.9 Å². The number of unbranched alkanes of at least 4 members (excludes halogenated alkanes) is 3. The van der Waals surface area contributed by atoms with E-state index in [2.05, 4.69) is 4.90 Å². The summed E-state index contributed by atoms with van der Waals surface area (Å²) in [5.41, 5.74) is 2.27. The molecular weight excluding hydrogens is 510 g/mol. The topological polar surface area (TPSA) is 60.9 Å². The number of carbonyl (C=O) groups excluding carboxylic acids is 3. The Morgan fingerprint density at radius 2 is 1.38 bits per heavy atom. The maximum Gasteiger partial charge on any atom is 0.261 e. The van der Waals surface area contributed by atoms with Crippen LogP contribution in [0.1, 0.15) is 72.6 Å². The van der Waals surface area contributed by atoms with Gasteiger partial charge in [-0.3, -0.25) is 19.3 Å². The van der Waals surface area contributed by atoms with Crippen LogP contribution in [0.25, 0.3) is 10.8 Å². The summed E-state index contributed by atoms with van der Waals surface area (Å²) >= 11 is 0. The van der Waals surface area contributed by atoms with E-state index >= 15 is 0 Å². The van der Waals surface area contributed by atoms with Gasteiger partial charge in [0.2, 0.25) is 5.91 Å². The second-order valence-electron chi connectivity index (χ2n) is 10.4. The minimum atomic E-state index is -0.173. The molecule has 3 aromatic carbocycles. The Labute approximate surface area is 237 Å². The molecule has 0 aliphatic carbocycles. The minimum absolute atomic E-state index is 0. The number of para-hydroxylation sites is 1. The van der Waals surface area contributed by atoms with Crippen LogP contribution in [0.2, 0.25) is 0 Å². The lowest BCUT2D eigenvalue weighted by Gasteiger charge is -2.38. The van der Waals surface area contributed by atoms with Gasteiger partial charge >= 0.3 is 0 Å². The van der Waals surface area contributed by atoms with Gasteiger partial charge in [0.15, 0.2) is 0 Å². The van der Waals surface area contributed by atoms with Crippen LogP contribution >= 0.6 is 12.4 Å². The summed E-state index contributed by atoms with van der Waals surface area (Å²) in [6, 6.07) is 21.6. The third-order valence-corrected chi connectivity index (χ3v) is 7.99. The molecule has 2 aliphatic heterocycles. The number of hydrogen-bond donors (Lipinski definition) is 0. The highest BCUT2D eigenvalue weighted by Gasteiger charge is 2.32. The van der Waals surface area contributed by atoms with Gasteiger partial charge in [0.05, 0.1) is 0 Å². The van der Waals surface area contributed by atoms with Crippen LogP contribution < -0.4 is 4.90 Å². The zero-order valence-corrected chi connectivity index (χ0v) is 23.5. The zero-order valence-electron chi connectivity index (χ0n) is 22.7. The first-order chi connectivity index (χ1) is 18.6. The molecule has 1 saturated heterocycles. The number of halogens is 1. The van der Waals surface area contributed by atoms with E-state index in [4.69, 9.17) is 0 Å². The normalized spacial score (nSPS) is 15.9. The minimum Gasteiger partial charge on any atom is -0.309 e. The molecule has 6 nitrogen and oxygen atoms in total. The van der Waals surface area contributed by atoms with Crippen molar-refractivity contribution >= 4 is 46.6 Å². The van der Waals surface area contributed by atoms with Crippen LogP contribution in [0.3, 0.4) is 0 Å². The second kappa shape index (κ2) is 13.2. The van der Waals surface area contributed by atoms with Crippen molar-refractivity contribution in [1.82, 2.24) is 9.80 Å². The summed E-state index contributed by atoms with van der Waals surface area (Å²) in [4.78, 5) is 44.7. The van der Waals surface area contributed by atoms with Gasteiger partial charge in [-0.2, -0.15) is 0 Å². The summed E-state index contributed by atoms with van der Waals surface area (Å²) in [5.74, 6) is -0.151. The largest absolute Gasteiger partial charge is 0.309 e. The van der Waals surface area contributed by atoms with Crippen LogP contribution in [0, 0.1) is 0 Å². The number of rotatable bonds is 10. The maximum absolute atomic E-state index is 13.0. The van der Waals surface area contributed by atoms with Crippen molar-refractivity contribution in [2.75, 3.05) is 31.1 Å². The van der Waals surface area contributed by atoms with E-state index in [0.717, 1.165) is 74.6 Å². The van der Waals surface area contributed by atoms with Crippen LogP contribution in [-0.4, -0.2) is 59.7 Å². The fraction of sp³-hybridized carbons (Fsp3) is 0.406. The maximum atomic E-state index is 13.0. The molecule has 7 heteroatoms. The Kier molecular flexibility index (Phi) is 9.76. The predicted molar refractivity (Wildman–Crippen MR) is 159 cm³/mol. The highest BCUT2D eigenvalue weighted by atomic mass is 35.5. The van der Waals surface area contributed by atoms with Gasteiger partial charge in [0.25, 0.3) is 11.8 Å². The fourth-order valence-electron chi connectivity index (χ4n) is 5.96. The van der Waals surface area contributed by atoms with Crippen LogP contribution in [0.4, 0.5) is 5.69 Å². The van der Waals surface area contributed by atoms with Crippen molar-refractivity contribution in [3.8, 4) is 0 Å². The summed E-state index contributed by atoms with van der Waals surface area (Å²) in [7, 11) is 0. The van der Waals surface area contributed by atoms with Gasteiger partial charge < -0.3 is 9.80 Å². The van der Waals surface area contributed by atoms with Gasteiger partial charge in [-0.1, -0.05) is 62.2 Å². The van der Waals surface area contributed by atoms with Crippen LogP contribution in [-0.2, 0) is 4.79 Å². The van der Waals surface area contributed by atoms with Crippen LogP contribution in [0.5, 0.6) is 0 Å². The van der Waals surface area contributed by atoms with E-state index in [-0.39, 0.29) is 36.2 Å². The molecule has 39 heavy (non-hydrogen) atoms. The molecule has 3 aromatic rings. The van der Waals surface area contributed by atoms with Gasteiger partial charge in [-0.15, -0.1) is 12.4 Å². The Hall–Kier alpha value is -3.22. The third kappa shape index (κ3) is 6.18. The number of carbonyl (C=O) groups is 3. The van der Waals surface area contributed by atoms with Crippen molar-refractivity contribution in [3.05, 3.63) is 77.9 Å². The van der Waals surface area contributed by atoms with Gasteiger partial charge in [-0.25, -0.2) is 0 Å². The Bertz CT molecular complexity index is 1250. The summed E-state index contributed by atoms with van der Waals surface area (Å²) in [6.45, 7) is 5.47. The van der Waals surface area contributed by atoms with Crippen molar-refractivity contribution in [1.29, 1.82) is 0 Å². The molecule has 2 heterocycles. The molecule has 2 aliphatic rings. The molecule has 0 bridgehead atoms. The molecule has 1 fully saturated rings. The standard InChI is InChI=1S/C32H37N3O3.ClH/c1-2-29(36)35(25-14-6-5-7-15-25)26-18-22-33(23-19-26)20-8-3-4-9-21-34-31(37)27-16-10-12-24-13-11-17-28(30(24)27)32(34)38;/h5-7,10-17,26H,2-4,8-9,18-23H2,1H3;1H. The quantitative estimate of drug-likeness (QED) is 0.220. The zero-order chi connectivity index (χ0) is 26.5. The predicted octanol–water partition coefficient (Wildman–Crippen LogP) is 6.33. The summed E-state index contributed by atoms with van der Waals surface area (Å²) < 4.78 is 0. The number of likely N-dealkylation sites (tertiary alicyclic amines) is 1. The highest BCUT2D eigenvalue weighted by molar-refractivity contribution is 6.25. The van der Waals surface area contributed by atoms with E-state index in [0.29, 0.717) is 24.1 Å². The monoisotopic (exact) mass is 547 g/mol. The average molecular weight is 548 g/mol.